The Morgan fingerprint density at radius 1 is 1.17 bits per heavy atom. The summed E-state index contributed by atoms with van der Waals surface area (Å²) in [4.78, 5) is 13.0. The standard InChI is InChI=1S/C16H18NO5P/c1-11(2)16-15(18)8-5-13(17-16)9-12-3-6-14(7-4-12)21-10-22-23(19)20/h3-8,11H,9-10H2,1-2H3,(H-,18,19,20)/p+1. The molecule has 0 aliphatic heterocycles. The van der Waals surface area contributed by atoms with E-state index in [1.54, 1.807) is 24.3 Å². The monoisotopic (exact) mass is 336 g/mol. The van der Waals surface area contributed by atoms with E-state index in [2.05, 4.69) is 9.51 Å². The van der Waals surface area contributed by atoms with Gasteiger partial charge in [0, 0.05) is 16.7 Å². The van der Waals surface area contributed by atoms with E-state index >= 15 is 0 Å². The highest BCUT2D eigenvalue weighted by molar-refractivity contribution is 7.32. The van der Waals surface area contributed by atoms with Gasteiger partial charge in [0.05, 0.1) is 5.69 Å². The van der Waals surface area contributed by atoms with Gasteiger partial charge < -0.3 is 9.84 Å². The van der Waals surface area contributed by atoms with Gasteiger partial charge in [0.25, 0.3) is 0 Å². The predicted octanol–water partition coefficient (Wildman–Crippen LogP) is 3.50. The van der Waals surface area contributed by atoms with Crippen molar-refractivity contribution in [3.63, 3.8) is 0 Å². The van der Waals surface area contributed by atoms with Crippen LogP contribution in [0.1, 0.15) is 36.7 Å². The molecule has 0 aliphatic rings. The van der Waals surface area contributed by atoms with E-state index in [1.807, 2.05) is 26.0 Å². The Bertz CT molecular complexity index is 673. The van der Waals surface area contributed by atoms with Gasteiger partial charge in [0.15, 0.2) is 0 Å². The lowest BCUT2D eigenvalue weighted by Crippen LogP contribution is -2.00. The zero-order valence-corrected chi connectivity index (χ0v) is 13.9. The molecule has 1 aromatic carbocycles. The largest absolute Gasteiger partial charge is 0.698 e. The number of aromatic hydroxyl groups is 1. The summed E-state index contributed by atoms with van der Waals surface area (Å²) < 4.78 is 20.0. The van der Waals surface area contributed by atoms with E-state index in [-0.39, 0.29) is 18.5 Å². The molecule has 23 heavy (non-hydrogen) atoms. The molecule has 2 rings (SSSR count). The first-order valence-corrected chi connectivity index (χ1v) is 8.28. The molecular formula is C16H19NO5P+. The first-order valence-electron chi connectivity index (χ1n) is 7.15. The van der Waals surface area contributed by atoms with Crippen molar-refractivity contribution in [3.05, 3.63) is 53.3 Å². The Balaban J connectivity index is 2.01. The molecule has 0 aliphatic carbocycles. The third-order valence-electron chi connectivity index (χ3n) is 3.20. The van der Waals surface area contributed by atoms with Gasteiger partial charge in [-0.2, -0.15) is 0 Å². The van der Waals surface area contributed by atoms with Crippen LogP contribution in [0.15, 0.2) is 36.4 Å². The topological polar surface area (TPSA) is 88.9 Å². The van der Waals surface area contributed by atoms with Crippen molar-refractivity contribution < 1.29 is 23.8 Å². The molecule has 1 aromatic heterocycles. The van der Waals surface area contributed by atoms with Crippen molar-refractivity contribution >= 4 is 8.25 Å². The smallest absolute Gasteiger partial charge is 0.506 e. The normalized spacial score (nSPS) is 11.6. The van der Waals surface area contributed by atoms with Crippen LogP contribution in [0.4, 0.5) is 0 Å². The minimum atomic E-state index is -2.65. The maximum absolute atomic E-state index is 10.4. The average Bonchev–Trinajstić information content (AvgIpc) is 2.50. The zero-order valence-electron chi connectivity index (χ0n) is 13.0. The Hall–Kier alpha value is -2.01. The highest BCUT2D eigenvalue weighted by atomic mass is 31.1. The maximum atomic E-state index is 10.4. The summed E-state index contributed by atoms with van der Waals surface area (Å²) >= 11 is 0. The van der Waals surface area contributed by atoms with Crippen LogP contribution in [0, 0.1) is 0 Å². The van der Waals surface area contributed by atoms with Gasteiger partial charge >= 0.3 is 8.25 Å². The lowest BCUT2D eigenvalue weighted by Gasteiger charge is -2.10. The Morgan fingerprint density at radius 3 is 2.48 bits per heavy atom. The van der Waals surface area contributed by atoms with Crippen LogP contribution in [-0.2, 0) is 15.5 Å². The number of nitrogens with zero attached hydrogens (tertiary/aromatic N) is 1. The Morgan fingerprint density at radius 2 is 1.87 bits per heavy atom. The third-order valence-corrected chi connectivity index (χ3v) is 3.53. The summed E-state index contributed by atoms with van der Waals surface area (Å²) in [5, 5.41) is 9.80. The average molecular weight is 336 g/mol. The molecule has 1 atom stereocenters. The van der Waals surface area contributed by atoms with E-state index in [4.69, 9.17) is 9.63 Å². The molecule has 0 fully saturated rings. The van der Waals surface area contributed by atoms with E-state index in [0.29, 0.717) is 17.9 Å². The summed E-state index contributed by atoms with van der Waals surface area (Å²) in [6.45, 7) is 3.70. The molecule has 0 saturated carbocycles. The summed E-state index contributed by atoms with van der Waals surface area (Å²) in [5.74, 6) is 0.922. The summed E-state index contributed by atoms with van der Waals surface area (Å²) in [6.07, 6.45) is 0.638. The SMILES string of the molecule is CC(C)c1nc(Cc2ccc(OCO[P+](=O)O)cc2)ccc1O. The third kappa shape index (κ3) is 5.28. The Labute approximate surface area is 135 Å². The van der Waals surface area contributed by atoms with Crippen molar-refractivity contribution in [2.24, 2.45) is 0 Å². The van der Waals surface area contributed by atoms with Crippen LogP contribution in [0.25, 0.3) is 0 Å². The van der Waals surface area contributed by atoms with Crippen LogP contribution < -0.4 is 4.74 Å². The van der Waals surface area contributed by atoms with E-state index in [0.717, 1.165) is 11.3 Å². The van der Waals surface area contributed by atoms with Crippen molar-refractivity contribution in [1.29, 1.82) is 0 Å². The molecule has 0 amide bonds. The van der Waals surface area contributed by atoms with Crippen LogP contribution in [-0.4, -0.2) is 21.8 Å². The number of rotatable bonds is 7. The van der Waals surface area contributed by atoms with Crippen LogP contribution in [0.3, 0.4) is 0 Å². The molecule has 0 saturated heterocycles. The van der Waals surface area contributed by atoms with Crippen molar-refractivity contribution in [2.45, 2.75) is 26.2 Å². The molecular weight excluding hydrogens is 317 g/mol. The highest BCUT2D eigenvalue weighted by Gasteiger charge is 2.12. The highest BCUT2D eigenvalue weighted by Crippen LogP contribution is 2.24. The van der Waals surface area contributed by atoms with Gasteiger partial charge in [0.1, 0.15) is 11.5 Å². The lowest BCUT2D eigenvalue weighted by molar-refractivity contribution is 0.115. The summed E-state index contributed by atoms with van der Waals surface area (Å²) in [6, 6.07) is 10.8. The number of ether oxygens (including phenoxy) is 1. The van der Waals surface area contributed by atoms with E-state index in [1.165, 1.54) is 0 Å². The molecule has 1 heterocycles. The second kappa shape index (κ2) is 8.02. The molecule has 7 heteroatoms. The zero-order chi connectivity index (χ0) is 16.8. The number of hydrogen-bond acceptors (Lipinski definition) is 5. The predicted molar refractivity (Wildman–Crippen MR) is 85.6 cm³/mol. The Kier molecular flexibility index (Phi) is 6.04. The van der Waals surface area contributed by atoms with Crippen LogP contribution >= 0.6 is 8.25 Å². The van der Waals surface area contributed by atoms with Crippen molar-refractivity contribution in [1.82, 2.24) is 4.98 Å². The quantitative estimate of drug-likeness (QED) is 0.594. The van der Waals surface area contributed by atoms with Crippen LogP contribution in [0.2, 0.25) is 0 Å². The second-order valence-electron chi connectivity index (χ2n) is 5.31. The summed E-state index contributed by atoms with van der Waals surface area (Å²) in [7, 11) is -2.65. The number of hydrogen-bond donors (Lipinski definition) is 2. The van der Waals surface area contributed by atoms with E-state index < -0.39 is 8.25 Å². The number of pyridine rings is 1. The fourth-order valence-electron chi connectivity index (χ4n) is 2.09. The van der Waals surface area contributed by atoms with E-state index in [9.17, 15) is 9.67 Å². The molecule has 6 nitrogen and oxygen atoms in total. The molecule has 0 radical (unpaired) electrons. The summed E-state index contributed by atoms with van der Waals surface area (Å²) in [5.41, 5.74) is 2.61. The fraction of sp³-hybridized carbons (Fsp3) is 0.312. The van der Waals surface area contributed by atoms with Gasteiger partial charge in [0.2, 0.25) is 6.79 Å². The van der Waals surface area contributed by atoms with Crippen LogP contribution in [0.5, 0.6) is 11.5 Å². The van der Waals surface area contributed by atoms with Gasteiger partial charge in [-0.15, -0.1) is 4.89 Å². The molecule has 122 valence electrons. The van der Waals surface area contributed by atoms with Gasteiger partial charge in [-0.25, -0.2) is 0 Å². The first kappa shape index (κ1) is 17.3. The van der Waals surface area contributed by atoms with Crippen molar-refractivity contribution in [3.8, 4) is 11.5 Å². The number of aromatic nitrogens is 1. The molecule has 2 aromatic rings. The maximum Gasteiger partial charge on any atom is 0.698 e. The van der Waals surface area contributed by atoms with Crippen molar-refractivity contribution in [2.75, 3.05) is 6.79 Å². The van der Waals surface area contributed by atoms with Gasteiger partial charge in [-0.1, -0.05) is 30.5 Å². The molecule has 2 N–H and O–H groups in total. The number of benzene rings is 1. The van der Waals surface area contributed by atoms with Gasteiger partial charge in [-0.05, 0) is 35.7 Å². The minimum Gasteiger partial charge on any atom is -0.506 e. The molecule has 0 spiro atoms. The van der Waals surface area contributed by atoms with Gasteiger partial charge in [-0.3, -0.25) is 4.98 Å². The molecule has 1 unspecified atom stereocenters. The fourth-order valence-corrected chi connectivity index (χ4v) is 2.23. The molecule has 0 bridgehead atoms. The minimum absolute atomic E-state index is 0.156. The lowest BCUT2D eigenvalue weighted by atomic mass is 10.1. The second-order valence-corrected chi connectivity index (χ2v) is 6.05. The first-order chi connectivity index (χ1) is 11.0.